The Morgan fingerprint density at radius 3 is 2.05 bits per heavy atom. The van der Waals surface area contributed by atoms with Crippen LogP contribution in [0.1, 0.15) is 22.8 Å². The van der Waals surface area contributed by atoms with E-state index in [-0.39, 0.29) is 18.1 Å². The molecule has 0 N–H and O–H groups in total. The van der Waals surface area contributed by atoms with Gasteiger partial charge in [0.2, 0.25) is 10.0 Å². The smallest absolute Gasteiger partial charge is 0.232 e. The van der Waals surface area contributed by atoms with Gasteiger partial charge in [0, 0.05) is 5.56 Å². The number of halogens is 1. The van der Waals surface area contributed by atoms with Crippen LogP contribution in [0.2, 0.25) is 0 Å². The summed E-state index contributed by atoms with van der Waals surface area (Å²) in [5, 5.41) is 0. The maximum atomic E-state index is 12.9. The highest BCUT2D eigenvalue weighted by molar-refractivity contribution is 7.92. The minimum atomic E-state index is -3.50. The molecule has 0 unspecified atom stereocenters. The number of hydrogen-bond acceptors (Lipinski definition) is 3. The van der Waals surface area contributed by atoms with E-state index in [0.717, 1.165) is 6.26 Å². The monoisotopic (exact) mass is 321 g/mol. The number of benzene rings is 2. The van der Waals surface area contributed by atoms with Crippen molar-refractivity contribution in [1.82, 2.24) is 0 Å². The average Bonchev–Trinajstić information content (AvgIpc) is 2.45. The van der Waals surface area contributed by atoms with Crippen molar-refractivity contribution >= 4 is 21.5 Å². The molecule has 0 fully saturated rings. The largest absolute Gasteiger partial charge is 0.295 e. The van der Waals surface area contributed by atoms with Crippen LogP contribution < -0.4 is 4.31 Å². The fourth-order valence-corrected chi connectivity index (χ4v) is 2.91. The van der Waals surface area contributed by atoms with Gasteiger partial charge in [-0.1, -0.05) is 12.1 Å². The minimum absolute atomic E-state index is 0.0870. The SMILES string of the molecule is CC(=O)c1ccc(N(Cc2ccc(F)cc2)S(C)(=O)=O)cc1. The van der Waals surface area contributed by atoms with Crippen LogP contribution in [0.15, 0.2) is 48.5 Å². The van der Waals surface area contributed by atoms with Crippen molar-refractivity contribution in [1.29, 1.82) is 0 Å². The Balaban J connectivity index is 2.34. The Morgan fingerprint density at radius 1 is 1.05 bits per heavy atom. The first-order valence-corrected chi connectivity index (χ1v) is 8.45. The third-order valence-corrected chi connectivity index (χ3v) is 4.34. The van der Waals surface area contributed by atoms with Crippen LogP contribution in [-0.4, -0.2) is 20.5 Å². The molecule has 0 spiro atoms. The summed E-state index contributed by atoms with van der Waals surface area (Å²) in [5.74, 6) is -0.462. The number of sulfonamides is 1. The summed E-state index contributed by atoms with van der Waals surface area (Å²) < 4.78 is 38.2. The topological polar surface area (TPSA) is 54.5 Å². The van der Waals surface area contributed by atoms with Crippen molar-refractivity contribution in [3.8, 4) is 0 Å². The Morgan fingerprint density at radius 2 is 1.59 bits per heavy atom. The molecule has 0 heterocycles. The molecule has 6 heteroatoms. The molecular weight excluding hydrogens is 305 g/mol. The van der Waals surface area contributed by atoms with Gasteiger partial charge in [0.1, 0.15) is 5.82 Å². The number of anilines is 1. The van der Waals surface area contributed by atoms with Crippen LogP contribution >= 0.6 is 0 Å². The van der Waals surface area contributed by atoms with Crippen LogP contribution in [0.4, 0.5) is 10.1 Å². The highest BCUT2D eigenvalue weighted by Gasteiger charge is 2.18. The molecule has 0 saturated carbocycles. The summed E-state index contributed by atoms with van der Waals surface area (Å²) in [6.45, 7) is 1.54. The number of ketones is 1. The molecule has 0 amide bonds. The number of nitrogens with zero attached hydrogens (tertiary/aromatic N) is 1. The third-order valence-electron chi connectivity index (χ3n) is 3.20. The van der Waals surface area contributed by atoms with E-state index in [4.69, 9.17) is 0 Å². The lowest BCUT2D eigenvalue weighted by Crippen LogP contribution is -2.29. The Labute approximate surface area is 129 Å². The van der Waals surface area contributed by atoms with Crippen molar-refractivity contribution in [2.45, 2.75) is 13.5 Å². The molecule has 0 bridgehead atoms. The van der Waals surface area contributed by atoms with Gasteiger partial charge in [-0.2, -0.15) is 0 Å². The van der Waals surface area contributed by atoms with Crippen LogP contribution in [0, 0.1) is 5.82 Å². The zero-order chi connectivity index (χ0) is 16.3. The molecule has 22 heavy (non-hydrogen) atoms. The lowest BCUT2D eigenvalue weighted by Gasteiger charge is -2.22. The van der Waals surface area contributed by atoms with Gasteiger partial charge in [0.25, 0.3) is 0 Å². The van der Waals surface area contributed by atoms with Crippen LogP contribution in [0.5, 0.6) is 0 Å². The fourth-order valence-electron chi connectivity index (χ4n) is 2.02. The van der Waals surface area contributed by atoms with Crippen LogP contribution in [0.25, 0.3) is 0 Å². The van der Waals surface area contributed by atoms with Gasteiger partial charge in [-0.25, -0.2) is 12.8 Å². The predicted molar refractivity (Wildman–Crippen MR) is 83.9 cm³/mol. The van der Waals surface area contributed by atoms with Gasteiger partial charge in [-0.15, -0.1) is 0 Å². The highest BCUT2D eigenvalue weighted by Crippen LogP contribution is 2.21. The highest BCUT2D eigenvalue weighted by atomic mass is 32.2. The summed E-state index contributed by atoms with van der Waals surface area (Å²) >= 11 is 0. The van der Waals surface area contributed by atoms with Crippen molar-refractivity contribution in [3.05, 3.63) is 65.5 Å². The van der Waals surface area contributed by atoms with E-state index in [1.54, 1.807) is 24.3 Å². The maximum absolute atomic E-state index is 12.9. The second-order valence-electron chi connectivity index (χ2n) is 5.00. The zero-order valence-electron chi connectivity index (χ0n) is 12.3. The summed E-state index contributed by atoms with van der Waals surface area (Å²) in [7, 11) is -3.50. The molecule has 2 aromatic rings. The molecule has 0 aliphatic rings. The molecule has 0 aliphatic heterocycles. The van der Waals surface area contributed by atoms with Gasteiger partial charge in [0.15, 0.2) is 5.78 Å². The van der Waals surface area contributed by atoms with Crippen molar-refractivity contribution in [3.63, 3.8) is 0 Å². The van der Waals surface area contributed by atoms with Crippen molar-refractivity contribution in [2.24, 2.45) is 0 Å². The van der Waals surface area contributed by atoms with Gasteiger partial charge in [0.05, 0.1) is 18.5 Å². The number of Topliss-reactive ketones (excluding diaryl/α,β-unsaturated/α-hetero) is 1. The van der Waals surface area contributed by atoms with Gasteiger partial charge < -0.3 is 0 Å². The summed E-state index contributed by atoms with van der Waals surface area (Å²) in [4.78, 5) is 11.3. The molecule has 2 rings (SSSR count). The first-order chi connectivity index (χ1) is 10.3. The predicted octanol–water partition coefficient (Wildman–Crippen LogP) is 2.99. The summed E-state index contributed by atoms with van der Waals surface area (Å²) in [6.07, 6.45) is 1.11. The average molecular weight is 321 g/mol. The summed E-state index contributed by atoms with van der Waals surface area (Å²) in [6, 6.07) is 12.0. The van der Waals surface area contributed by atoms with Crippen molar-refractivity contribution < 1.29 is 17.6 Å². The fraction of sp³-hybridized carbons (Fsp3) is 0.188. The Bertz CT molecular complexity index is 768. The van der Waals surface area contributed by atoms with Crippen LogP contribution in [-0.2, 0) is 16.6 Å². The molecule has 0 aliphatic carbocycles. The molecule has 2 aromatic carbocycles. The molecule has 4 nitrogen and oxygen atoms in total. The molecular formula is C16H16FNO3S. The lowest BCUT2D eigenvalue weighted by molar-refractivity contribution is 0.101. The van der Waals surface area contributed by atoms with E-state index in [9.17, 15) is 17.6 Å². The van der Waals surface area contributed by atoms with Gasteiger partial charge in [-0.05, 0) is 48.9 Å². The lowest BCUT2D eigenvalue weighted by atomic mass is 10.1. The zero-order valence-corrected chi connectivity index (χ0v) is 13.1. The number of carbonyl (C=O) groups excluding carboxylic acids is 1. The van der Waals surface area contributed by atoms with E-state index in [2.05, 4.69) is 0 Å². The normalized spacial score (nSPS) is 11.2. The van der Waals surface area contributed by atoms with E-state index in [1.165, 1.54) is 35.5 Å². The van der Waals surface area contributed by atoms with E-state index in [1.807, 2.05) is 0 Å². The van der Waals surface area contributed by atoms with Gasteiger partial charge in [-0.3, -0.25) is 9.10 Å². The van der Waals surface area contributed by atoms with E-state index < -0.39 is 10.0 Å². The number of carbonyl (C=O) groups is 1. The quantitative estimate of drug-likeness (QED) is 0.796. The first kappa shape index (κ1) is 16.2. The molecule has 0 atom stereocenters. The molecule has 0 aromatic heterocycles. The number of rotatable bonds is 5. The van der Waals surface area contributed by atoms with Crippen molar-refractivity contribution in [2.75, 3.05) is 10.6 Å². The Kier molecular flexibility index (Phi) is 4.61. The third kappa shape index (κ3) is 3.92. The molecule has 0 radical (unpaired) electrons. The van der Waals surface area contributed by atoms with Crippen LogP contribution in [0.3, 0.4) is 0 Å². The van der Waals surface area contributed by atoms with Gasteiger partial charge >= 0.3 is 0 Å². The second kappa shape index (κ2) is 6.27. The summed E-state index contributed by atoms with van der Waals surface area (Å²) in [5.41, 5.74) is 1.64. The minimum Gasteiger partial charge on any atom is -0.295 e. The maximum Gasteiger partial charge on any atom is 0.232 e. The molecule has 0 saturated heterocycles. The number of hydrogen-bond donors (Lipinski definition) is 0. The first-order valence-electron chi connectivity index (χ1n) is 6.60. The second-order valence-corrected chi connectivity index (χ2v) is 6.91. The van der Waals surface area contributed by atoms with E-state index >= 15 is 0 Å². The van der Waals surface area contributed by atoms with E-state index in [0.29, 0.717) is 16.8 Å². The standard InChI is InChI=1S/C16H16FNO3S/c1-12(19)14-5-9-16(10-6-14)18(22(2,20)21)11-13-3-7-15(17)8-4-13/h3-10H,11H2,1-2H3. The Hall–Kier alpha value is -2.21. The molecule has 116 valence electrons.